The molecular formula is C14H16N2O3. The number of aromatic nitrogens is 1. The van der Waals surface area contributed by atoms with Crippen LogP contribution < -0.4 is 5.32 Å². The molecule has 5 nitrogen and oxygen atoms in total. The van der Waals surface area contributed by atoms with Crippen LogP contribution in [-0.2, 0) is 6.42 Å². The van der Waals surface area contributed by atoms with Crippen LogP contribution in [0.15, 0.2) is 33.6 Å². The Kier molecular flexibility index (Phi) is 3.11. The number of carbonyl (C=O) groups is 1. The molecule has 1 amide bonds. The van der Waals surface area contributed by atoms with Crippen molar-refractivity contribution in [3.05, 3.63) is 41.7 Å². The van der Waals surface area contributed by atoms with Crippen molar-refractivity contribution in [3.8, 4) is 0 Å². The zero-order valence-electron chi connectivity index (χ0n) is 10.8. The van der Waals surface area contributed by atoms with E-state index in [-0.39, 0.29) is 11.9 Å². The van der Waals surface area contributed by atoms with Gasteiger partial charge in [-0.05, 0) is 37.8 Å². The van der Waals surface area contributed by atoms with Crippen molar-refractivity contribution in [2.45, 2.75) is 38.1 Å². The first kappa shape index (κ1) is 12.0. The molecule has 0 saturated heterocycles. The molecule has 0 bridgehead atoms. The summed E-state index contributed by atoms with van der Waals surface area (Å²) in [6, 6.07) is 3.66. The van der Waals surface area contributed by atoms with Crippen molar-refractivity contribution in [3.63, 3.8) is 0 Å². The number of nitrogens with one attached hydrogen (secondary N) is 1. The van der Waals surface area contributed by atoms with Gasteiger partial charge in [-0.3, -0.25) is 4.79 Å². The molecule has 0 radical (unpaired) electrons. The van der Waals surface area contributed by atoms with Crippen molar-refractivity contribution in [2.24, 2.45) is 0 Å². The molecule has 2 heterocycles. The number of carbonyl (C=O) groups excluding carboxylic acids is 1. The maximum absolute atomic E-state index is 12.0. The van der Waals surface area contributed by atoms with Crippen LogP contribution in [0.5, 0.6) is 0 Å². The van der Waals surface area contributed by atoms with Crippen LogP contribution in [0.2, 0.25) is 0 Å². The molecule has 1 saturated carbocycles. The number of nitrogens with zero attached hydrogens (tertiary/aromatic N) is 1. The lowest BCUT2D eigenvalue weighted by molar-refractivity contribution is 0.0931. The Labute approximate surface area is 111 Å². The molecule has 19 heavy (non-hydrogen) atoms. The lowest BCUT2D eigenvalue weighted by atomic mass is 10.1. The van der Waals surface area contributed by atoms with E-state index in [4.69, 9.17) is 8.94 Å². The average molecular weight is 260 g/mol. The third-order valence-corrected chi connectivity index (χ3v) is 3.24. The highest BCUT2D eigenvalue weighted by molar-refractivity contribution is 5.92. The summed E-state index contributed by atoms with van der Waals surface area (Å²) in [6.07, 6.45) is 6.31. The van der Waals surface area contributed by atoms with E-state index in [2.05, 4.69) is 10.5 Å². The molecule has 0 spiro atoms. The van der Waals surface area contributed by atoms with E-state index in [1.807, 2.05) is 13.0 Å². The molecule has 0 aliphatic heterocycles. The fourth-order valence-corrected chi connectivity index (χ4v) is 2.07. The zero-order chi connectivity index (χ0) is 13.2. The first-order valence-electron chi connectivity index (χ1n) is 6.51. The van der Waals surface area contributed by atoms with E-state index in [0.717, 1.165) is 30.6 Å². The van der Waals surface area contributed by atoms with Crippen LogP contribution >= 0.6 is 0 Å². The Bertz CT molecular complexity index is 555. The Morgan fingerprint density at radius 2 is 2.42 bits per heavy atom. The van der Waals surface area contributed by atoms with Gasteiger partial charge in [-0.25, -0.2) is 0 Å². The van der Waals surface area contributed by atoms with Gasteiger partial charge in [0.15, 0.2) is 5.69 Å². The molecule has 1 aliphatic carbocycles. The number of hydrogen-bond acceptors (Lipinski definition) is 4. The van der Waals surface area contributed by atoms with E-state index < -0.39 is 0 Å². The summed E-state index contributed by atoms with van der Waals surface area (Å²) < 4.78 is 10.2. The number of hydrogen-bond donors (Lipinski definition) is 1. The SMILES string of the molecule is C[C@@H](Cc1ccoc1)NC(=O)c1cc(C2CC2)on1. The molecule has 1 atom stereocenters. The predicted octanol–water partition coefficient (Wildman–Crippen LogP) is 2.51. The first-order chi connectivity index (χ1) is 9.22. The fraction of sp³-hybridized carbons (Fsp3) is 0.429. The Morgan fingerprint density at radius 3 is 3.11 bits per heavy atom. The van der Waals surface area contributed by atoms with Gasteiger partial charge in [0, 0.05) is 18.0 Å². The standard InChI is InChI=1S/C14H16N2O3/c1-9(6-10-4-5-18-8-10)15-14(17)12-7-13(19-16-12)11-2-3-11/h4-5,7-9,11H,2-3,6H2,1H3,(H,15,17)/t9-/m0/s1. The van der Waals surface area contributed by atoms with Crippen molar-refractivity contribution in [2.75, 3.05) is 0 Å². The highest BCUT2D eigenvalue weighted by atomic mass is 16.5. The topological polar surface area (TPSA) is 68.3 Å². The zero-order valence-corrected chi connectivity index (χ0v) is 10.8. The van der Waals surface area contributed by atoms with Crippen LogP contribution in [-0.4, -0.2) is 17.1 Å². The van der Waals surface area contributed by atoms with E-state index in [9.17, 15) is 4.79 Å². The molecule has 0 aromatic carbocycles. The molecule has 2 aromatic heterocycles. The Morgan fingerprint density at radius 1 is 1.58 bits per heavy atom. The molecule has 5 heteroatoms. The third-order valence-electron chi connectivity index (χ3n) is 3.24. The maximum Gasteiger partial charge on any atom is 0.273 e. The van der Waals surface area contributed by atoms with Crippen LogP contribution in [0.1, 0.15) is 47.5 Å². The molecule has 0 unspecified atom stereocenters. The fourth-order valence-electron chi connectivity index (χ4n) is 2.07. The van der Waals surface area contributed by atoms with Gasteiger partial charge in [-0.15, -0.1) is 0 Å². The van der Waals surface area contributed by atoms with Crippen molar-refractivity contribution in [1.82, 2.24) is 10.5 Å². The minimum Gasteiger partial charge on any atom is -0.472 e. The Balaban J connectivity index is 1.57. The second kappa shape index (κ2) is 4.91. The summed E-state index contributed by atoms with van der Waals surface area (Å²) in [7, 11) is 0. The summed E-state index contributed by atoms with van der Waals surface area (Å²) in [6.45, 7) is 1.95. The van der Waals surface area contributed by atoms with Crippen molar-refractivity contribution in [1.29, 1.82) is 0 Å². The van der Waals surface area contributed by atoms with E-state index in [0.29, 0.717) is 11.6 Å². The van der Waals surface area contributed by atoms with Crippen LogP contribution in [0.3, 0.4) is 0 Å². The van der Waals surface area contributed by atoms with Crippen LogP contribution in [0.4, 0.5) is 0 Å². The molecule has 1 aliphatic rings. The lowest BCUT2D eigenvalue weighted by Crippen LogP contribution is -2.34. The smallest absolute Gasteiger partial charge is 0.273 e. The number of rotatable bonds is 5. The van der Waals surface area contributed by atoms with Gasteiger partial charge in [-0.1, -0.05) is 5.16 Å². The van der Waals surface area contributed by atoms with Gasteiger partial charge in [-0.2, -0.15) is 0 Å². The van der Waals surface area contributed by atoms with E-state index in [1.165, 1.54) is 0 Å². The van der Waals surface area contributed by atoms with Crippen LogP contribution in [0, 0.1) is 0 Å². The quantitative estimate of drug-likeness (QED) is 0.896. The molecule has 1 N–H and O–H groups in total. The second-order valence-electron chi connectivity index (χ2n) is 5.10. The average Bonchev–Trinajstić information content (AvgIpc) is 2.91. The normalized spacial score (nSPS) is 16.3. The van der Waals surface area contributed by atoms with Gasteiger partial charge in [0.25, 0.3) is 5.91 Å². The van der Waals surface area contributed by atoms with Gasteiger partial charge in [0.05, 0.1) is 12.5 Å². The highest BCUT2D eigenvalue weighted by Crippen LogP contribution is 2.40. The molecule has 100 valence electrons. The minimum atomic E-state index is -0.188. The molecule has 3 rings (SSSR count). The highest BCUT2D eigenvalue weighted by Gasteiger charge is 2.29. The summed E-state index contributed by atoms with van der Waals surface area (Å²) in [4.78, 5) is 12.0. The minimum absolute atomic E-state index is 0.0196. The monoisotopic (exact) mass is 260 g/mol. The largest absolute Gasteiger partial charge is 0.472 e. The van der Waals surface area contributed by atoms with Gasteiger partial charge in [0.1, 0.15) is 5.76 Å². The van der Waals surface area contributed by atoms with Gasteiger partial charge >= 0.3 is 0 Å². The predicted molar refractivity (Wildman–Crippen MR) is 67.8 cm³/mol. The second-order valence-corrected chi connectivity index (χ2v) is 5.10. The maximum atomic E-state index is 12.0. The number of amides is 1. The summed E-state index contributed by atoms with van der Waals surface area (Å²) >= 11 is 0. The summed E-state index contributed by atoms with van der Waals surface area (Å²) in [5.74, 6) is 1.11. The van der Waals surface area contributed by atoms with Crippen LogP contribution in [0.25, 0.3) is 0 Å². The van der Waals surface area contributed by atoms with E-state index in [1.54, 1.807) is 18.6 Å². The summed E-state index contributed by atoms with van der Waals surface area (Å²) in [5.41, 5.74) is 1.42. The summed E-state index contributed by atoms with van der Waals surface area (Å²) in [5, 5.41) is 6.73. The van der Waals surface area contributed by atoms with Gasteiger partial charge in [0.2, 0.25) is 0 Å². The molecule has 2 aromatic rings. The van der Waals surface area contributed by atoms with Gasteiger partial charge < -0.3 is 14.3 Å². The van der Waals surface area contributed by atoms with Crippen molar-refractivity contribution < 1.29 is 13.7 Å². The van der Waals surface area contributed by atoms with Crippen molar-refractivity contribution >= 4 is 5.91 Å². The Hall–Kier alpha value is -2.04. The lowest BCUT2D eigenvalue weighted by Gasteiger charge is -2.11. The first-order valence-corrected chi connectivity index (χ1v) is 6.51. The number of furan rings is 1. The molecule has 1 fully saturated rings. The third kappa shape index (κ3) is 2.86. The molecular weight excluding hydrogens is 244 g/mol. The van der Waals surface area contributed by atoms with E-state index >= 15 is 0 Å².